The number of urea groups is 1. The van der Waals surface area contributed by atoms with Crippen molar-refractivity contribution in [3.8, 4) is 5.75 Å². The first-order chi connectivity index (χ1) is 11.3. The van der Waals surface area contributed by atoms with Gasteiger partial charge in [0, 0.05) is 20.2 Å². The number of likely N-dealkylation sites (N-methyl/N-ethyl adjacent to an activating group) is 1. The second kappa shape index (κ2) is 7.74. The zero-order valence-corrected chi connectivity index (χ0v) is 13.6. The lowest BCUT2D eigenvalue weighted by Crippen LogP contribution is -2.46. The maximum atomic E-state index is 13.3. The number of amides is 2. The summed E-state index contributed by atoms with van der Waals surface area (Å²) in [7, 11) is 2.89. The van der Waals surface area contributed by atoms with Crippen LogP contribution in [-0.4, -0.2) is 50.5 Å². The summed E-state index contributed by atoms with van der Waals surface area (Å²) in [4.78, 5) is 13.3. The van der Waals surface area contributed by atoms with Crippen molar-refractivity contribution >= 4 is 6.03 Å². The van der Waals surface area contributed by atoms with Gasteiger partial charge in [-0.2, -0.15) is 13.2 Å². The third-order valence-corrected chi connectivity index (χ3v) is 3.89. The summed E-state index contributed by atoms with van der Waals surface area (Å²) in [6.07, 6.45) is -3.02. The number of benzene rings is 1. The van der Waals surface area contributed by atoms with E-state index >= 15 is 0 Å². The molecule has 2 amide bonds. The minimum absolute atomic E-state index is 0.0535. The molecule has 5 nitrogen and oxygen atoms in total. The number of methoxy groups -OCH3 is 1. The summed E-state index contributed by atoms with van der Waals surface area (Å²) in [5, 5.41) is 2.05. The highest BCUT2D eigenvalue weighted by atomic mass is 19.4. The molecule has 8 heteroatoms. The third kappa shape index (κ3) is 4.77. The number of nitrogens with one attached hydrogen (secondary N) is 1. The highest BCUT2D eigenvalue weighted by Gasteiger charge is 2.42. The van der Waals surface area contributed by atoms with Gasteiger partial charge in [-0.05, 0) is 30.5 Å². The van der Waals surface area contributed by atoms with Crippen molar-refractivity contribution in [3.63, 3.8) is 0 Å². The Hall–Kier alpha value is -1.96. The van der Waals surface area contributed by atoms with E-state index in [2.05, 4.69) is 5.32 Å². The quantitative estimate of drug-likeness (QED) is 0.891. The Kier molecular flexibility index (Phi) is 5.93. The predicted molar refractivity (Wildman–Crippen MR) is 81.9 cm³/mol. The Balaban J connectivity index is 2.05. The lowest BCUT2D eigenvalue weighted by molar-refractivity contribution is -0.155. The molecule has 1 aliphatic rings. The first-order valence-corrected chi connectivity index (χ1v) is 7.65. The number of hydrogen-bond donors (Lipinski definition) is 1. The van der Waals surface area contributed by atoms with Gasteiger partial charge in [0.25, 0.3) is 0 Å². The van der Waals surface area contributed by atoms with E-state index in [1.54, 1.807) is 0 Å². The Bertz CT molecular complexity index is 542. The largest absolute Gasteiger partial charge is 0.497 e. The van der Waals surface area contributed by atoms with Crippen LogP contribution in [0.25, 0.3) is 0 Å². The van der Waals surface area contributed by atoms with E-state index in [1.807, 2.05) is 0 Å². The van der Waals surface area contributed by atoms with E-state index in [1.165, 1.54) is 43.3 Å². The van der Waals surface area contributed by atoms with Gasteiger partial charge < -0.3 is 19.7 Å². The van der Waals surface area contributed by atoms with Crippen LogP contribution in [0.2, 0.25) is 0 Å². The molecule has 1 N–H and O–H groups in total. The molecule has 1 aromatic rings. The van der Waals surface area contributed by atoms with Crippen molar-refractivity contribution in [3.05, 3.63) is 29.8 Å². The highest BCUT2D eigenvalue weighted by Crippen LogP contribution is 2.33. The second-order valence-electron chi connectivity index (χ2n) is 5.71. The second-order valence-corrected chi connectivity index (χ2v) is 5.71. The highest BCUT2D eigenvalue weighted by molar-refractivity contribution is 5.74. The first-order valence-electron chi connectivity index (χ1n) is 7.65. The van der Waals surface area contributed by atoms with Crippen LogP contribution in [0.5, 0.6) is 5.75 Å². The predicted octanol–water partition coefficient (Wildman–Crippen LogP) is 3.12. The van der Waals surface area contributed by atoms with Crippen LogP contribution in [0.15, 0.2) is 24.3 Å². The Labute approximate surface area is 138 Å². The molecule has 1 saturated heterocycles. The first kappa shape index (κ1) is 18.4. The molecule has 2 atom stereocenters. The van der Waals surface area contributed by atoms with Crippen molar-refractivity contribution in [1.29, 1.82) is 0 Å². The third-order valence-electron chi connectivity index (χ3n) is 3.89. The van der Waals surface area contributed by atoms with Crippen LogP contribution in [0, 0.1) is 0 Å². The van der Waals surface area contributed by atoms with Crippen LogP contribution in [0.4, 0.5) is 18.0 Å². The number of ether oxygens (including phenoxy) is 2. The minimum atomic E-state index is -4.60. The van der Waals surface area contributed by atoms with Gasteiger partial charge in [0.1, 0.15) is 5.75 Å². The average Bonchev–Trinajstić information content (AvgIpc) is 3.04. The molecule has 1 fully saturated rings. The standard InChI is InChI=1S/C16H21F3N2O3/c1-21(10-13-4-3-9-24-13)15(22)20-14(16(17,18)19)11-5-7-12(23-2)8-6-11/h5-8,13-14H,3-4,9-10H2,1-2H3,(H,20,22)/t13-,14-/m0/s1. The smallest absolute Gasteiger partial charge is 0.412 e. The monoisotopic (exact) mass is 346 g/mol. The van der Waals surface area contributed by atoms with Gasteiger partial charge in [-0.25, -0.2) is 4.79 Å². The Morgan fingerprint density at radius 3 is 2.58 bits per heavy atom. The lowest BCUT2D eigenvalue weighted by atomic mass is 10.1. The number of rotatable bonds is 5. The van der Waals surface area contributed by atoms with E-state index in [0.29, 0.717) is 12.4 Å². The Morgan fingerprint density at radius 2 is 2.08 bits per heavy atom. The van der Waals surface area contributed by atoms with Crippen molar-refractivity contribution in [2.45, 2.75) is 31.2 Å². The molecule has 2 rings (SSSR count). The molecule has 0 aromatic heterocycles. The molecule has 1 aromatic carbocycles. The summed E-state index contributed by atoms with van der Waals surface area (Å²) in [6, 6.07) is 2.56. The molecule has 24 heavy (non-hydrogen) atoms. The van der Waals surface area contributed by atoms with E-state index in [-0.39, 0.29) is 18.2 Å². The van der Waals surface area contributed by atoms with Gasteiger partial charge in [0.2, 0.25) is 0 Å². The molecule has 0 aliphatic carbocycles. The number of nitrogens with zero attached hydrogens (tertiary/aromatic N) is 1. The summed E-state index contributed by atoms with van der Waals surface area (Å²) in [6.45, 7) is 0.885. The fourth-order valence-electron chi connectivity index (χ4n) is 2.56. The molecule has 0 spiro atoms. The molecule has 1 aliphatic heterocycles. The van der Waals surface area contributed by atoms with Gasteiger partial charge in [-0.1, -0.05) is 12.1 Å². The maximum absolute atomic E-state index is 13.3. The van der Waals surface area contributed by atoms with Gasteiger partial charge in [-0.15, -0.1) is 0 Å². The van der Waals surface area contributed by atoms with E-state index in [9.17, 15) is 18.0 Å². The zero-order chi connectivity index (χ0) is 17.7. The molecule has 0 bridgehead atoms. The molecule has 134 valence electrons. The van der Waals surface area contributed by atoms with Crippen LogP contribution in [-0.2, 0) is 4.74 Å². The van der Waals surface area contributed by atoms with E-state index in [0.717, 1.165) is 12.8 Å². The topological polar surface area (TPSA) is 50.8 Å². The van der Waals surface area contributed by atoms with Crippen LogP contribution in [0.3, 0.4) is 0 Å². The van der Waals surface area contributed by atoms with Crippen LogP contribution >= 0.6 is 0 Å². The van der Waals surface area contributed by atoms with Gasteiger partial charge >= 0.3 is 12.2 Å². The summed E-state index contributed by atoms with van der Waals surface area (Å²) in [5.41, 5.74) is -0.0535. The fourth-order valence-corrected chi connectivity index (χ4v) is 2.56. The average molecular weight is 346 g/mol. The van der Waals surface area contributed by atoms with Crippen molar-refractivity contribution in [1.82, 2.24) is 10.2 Å². The van der Waals surface area contributed by atoms with Crippen molar-refractivity contribution < 1.29 is 27.4 Å². The maximum Gasteiger partial charge on any atom is 0.412 e. The zero-order valence-electron chi connectivity index (χ0n) is 13.6. The van der Waals surface area contributed by atoms with E-state index in [4.69, 9.17) is 9.47 Å². The fraction of sp³-hybridized carbons (Fsp3) is 0.562. The molecule has 1 heterocycles. The molecule has 0 radical (unpaired) electrons. The SMILES string of the molecule is COc1ccc([C@H](NC(=O)N(C)C[C@@H]2CCCO2)C(F)(F)F)cc1. The number of alkyl halides is 3. The van der Waals surface area contributed by atoms with Crippen LogP contribution in [0.1, 0.15) is 24.4 Å². The normalized spacial score (nSPS) is 19.0. The molecule has 0 unspecified atom stereocenters. The number of hydrogen-bond acceptors (Lipinski definition) is 3. The molecular formula is C16H21F3N2O3. The van der Waals surface area contributed by atoms with Crippen molar-refractivity contribution in [2.24, 2.45) is 0 Å². The van der Waals surface area contributed by atoms with Crippen molar-refractivity contribution in [2.75, 3.05) is 27.3 Å². The van der Waals surface area contributed by atoms with E-state index < -0.39 is 18.2 Å². The molecular weight excluding hydrogens is 325 g/mol. The minimum Gasteiger partial charge on any atom is -0.497 e. The van der Waals surface area contributed by atoms with Gasteiger partial charge in [0.15, 0.2) is 6.04 Å². The number of carbonyl (C=O) groups excluding carboxylic acids is 1. The number of carbonyl (C=O) groups is 1. The Morgan fingerprint density at radius 1 is 1.42 bits per heavy atom. The van der Waals surface area contributed by atoms with Gasteiger partial charge in [-0.3, -0.25) is 0 Å². The summed E-state index contributed by atoms with van der Waals surface area (Å²) >= 11 is 0. The van der Waals surface area contributed by atoms with Gasteiger partial charge in [0.05, 0.1) is 13.2 Å². The molecule has 0 saturated carbocycles. The number of halogens is 3. The summed E-state index contributed by atoms with van der Waals surface area (Å²) < 4.78 is 50.3. The van der Waals surface area contributed by atoms with Crippen LogP contribution < -0.4 is 10.1 Å². The lowest BCUT2D eigenvalue weighted by Gasteiger charge is -2.27. The summed E-state index contributed by atoms with van der Waals surface area (Å²) in [5.74, 6) is 0.446.